The van der Waals surface area contributed by atoms with Gasteiger partial charge in [-0.2, -0.15) is 5.10 Å². The minimum absolute atomic E-state index is 0.160. The van der Waals surface area contributed by atoms with Crippen molar-refractivity contribution in [3.8, 4) is 5.69 Å². The Morgan fingerprint density at radius 2 is 1.96 bits per heavy atom. The Balaban J connectivity index is 1.74. The first-order valence-electron chi connectivity index (χ1n) is 9.21. The quantitative estimate of drug-likeness (QED) is 0.572. The van der Waals surface area contributed by atoms with Crippen molar-refractivity contribution in [2.75, 3.05) is 0 Å². The van der Waals surface area contributed by atoms with Crippen molar-refractivity contribution in [3.05, 3.63) is 81.1 Å². The summed E-state index contributed by atoms with van der Waals surface area (Å²) in [6.45, 7) is 4.24. The van der Waals surface area contributed by atoms with Gasteiger partial charge in [0, 0.05) is 34.6 Å². The molecule has 2 N–H and O–H groups in total. The van der Waals surface area contributed by atoms with Crippen LogP contribution >= 0.6 is 23.2 Å². The molecule has 2 aromatic carbocycles. The summed E-state index contributed by atoms with van der Waals surface area (Å²) in [5, 5.41) is 5.81. The number of halogens is 2. The minimum atomic E-state index is -0.229. The second-order valence-corrected chi connectivity index (χ2v) is 7.76. The molecular formula is C22H23Cl2N3O. The van der Waals surface area contributed by atoms with Gasteiger partial charge in [-0.1, -0.05) is 48.3 Å². The molecular weight excluding hydrogens is 393 g/mol. The van der Waals surface area contributed by atoms with Gasteiger partial charge in [0.05, 0.1) is 11.4 Å². The molecule has 0 bridgehead atoms. The third-order valence-electron chi connectivity index (χ3n) is 4.87. The number of hydrogen-bond donors (Lipinski definition) is 1. The highest BCUT2D eigenvalue weighted by molar-refractivity contribution is 6.31. The Morgan fingerprint density at radius 1 is 1.18 bits per heavy atom. The lowest BCUT2D eigenvalue weighted by Crippen LogP contribution is -2.12. The Kier molecular flexibility index (Phi) is 6.55. The average Bonchev–Trinajstić information content (AvgIpc) is 3.06. The summed E-state index contributed by atoms with van der Waals surface area (Å²) in [6, 6.07) is 15.2. The van der Waals surface area contributed by atoms with Crippen LogP contribution in [0.1, 0.15) is 41.8 Å². The maximum Gasteiger partial charge on any atom is 0.140 e. The summed E-state index contributed by atoms with van der Waals surface area (Å²) < 4.78 is 1.85. The first-order chi connectivity index (χ1) is 13.4. The lowest BCUT2D eigenvalue weighted by atomic mass is 9.93. The molecule has 0 aliphatic carbocycles. The predicted octanol–water partition coefficient (Wildman–Crippen LogP) is 5.25. The van der Waals surface area contributed by atoms with Crippen LogP contribution in [0.15, 0.2) is 48.5 Å². The normalized spacial score (nSPS) is 12.2. The van der Waals surface area contributed by atoms with Crippen LogP contribution in [0, 0.1) is 6.92 Å². The van der Waals surface area contributed by atoms with E-state index in [0.717, 1.165) is 28.2 Å². The van der Waals surface area contributed by atoms with E-state index in [2.05, 4.69) is 5.10 Å². The van der Waals surface area contributed by atoms with Gasteiger partial charge < -0.3 is 5.73 Å². The second-order valence-electron chi connectivity index (χ2n) is 6.91. The molecule has 0 spiro atoms. The van der Waals surface area contributed by atoms with Crippen LogP contribution in [0.5, 0.6) is 0 Å². The van der Waals surface area contributed by atoms with E-state index in [1.807, 2.05) is 67.1 Å². The number of nitrogens with two attached hydrogens (primary N) is 1. The van der Waals surface area contributed by atoms with Crippen LogP contribution in [-0.2, 0) is 17.8 Å². The SMILES string of the molecule is Cc1cc(CCC(=O)C(C)c2ccc(CN)c(Cl)c2)n(-c2cccc(Cl)c2)n1. The van der Waals surface area contributed by atoms with Crippen molar-refractivity contribution < 1.29 is 4.79 Å². The first kappa shape index (κ1) is 20.6. The molecule has 0 amide bonds. The molecule has 3 aromatic rings. The Morgan fingerprint density at radius 3 is 2.64 bits per heavy atom. The molecule has 0 saturated carbocycles. The standard InChI is InChI=1S/C22H23Cl2N3O/c1-14-10-20(27(26-14)19-5-3-4-18(23)12-19)8-9-22(28)15(2)16-6-7-17(13-25)21(24)11-16/h3-7,10-12,15H,8-9,13,25H2,1-2H3. The molecule has 28 heavy (non-hydrogen) atoms. The van der Waals surface area contributed by atoms with Gasteiger partial charge in [0.1, 0.15) is 5.78 Å². The van der Waals surface area contributed by atoms with E-state index in [1.54, 1.807) is 0 Å². The molecule has 3 rings (SSSR count). The summed E-state index contributed by atoms with van der Waals surface area (Å²) in [5.74, 6) is -0.0685. The molecule has 146 valence electrons. The molecule has 1 unspecified atom stereocenters. The first-order valence-corrected chi connectivity index (χ1v) is 9.97. The lowest BCUT2D eigenvalue weighted by molar-refractivity contribution is -0.120. The van der Waals surface area contributed by atoms with Crippen LogP contribution in [0.4, 0.5) is 0 Å². The summed E-state index contributed by atoms with van der Waals surface area (Å²) in [7, 11) is 0. The summed E-state index contributed by atoms with van der Waals surface area (Å²) in [4.78, 5) is 12.8. The van der Waals surface area contributed by atoms with Crippen molar-refractivity contribution in [1.82, 2.24) is 9.78 Å². The highest BCUT2D eigenvalue weighted by atomic mass is 35.5. The molecule has 4 nitrogen and oxygen atoms in total. The molecule has 0 saturated heterocycles. The third-order valence-corrected chi connectivity index (χ3v) is 5.45. The van der Waals surface area contributed by atoms with Gasteiger partial charge in [0.25, 0.3) is 0 Å². The molecule has 1 atom stereocenters. The van der Waals surface area contributed by atoms with Gasteiger partial charge in [-0.05, 0) is 54.8 Å². The van der Waals surface area contributed by atoms with E-state index in [0.29, 0.717) is 29.4 Å². The lowest BCUT2D eigenvalue weighted by Gasteiger charge is -2.13. The molecule has 1 heterocycles. The molecule has 0 radical (unpaired) electrons. The van der Waals surface area contributed by atoms with Gasteiger partial charge in [0.15, 0.2) is 0 Å². The number of rotatable bonds is 7. The summed E-state index contributed by atoms with van der Waals surface area (Å²) in [6.07, 6.45) is 1.02. The fourth-order valence-electron chi connectivity index (χ4n) is 3.21. The Bertz CT molecular complexity index is 997. The van der Waals surface area contributed by atoms with Gasteiger partial charge in [0.2, 0.25) is 0 Å². The van der Waals surface area contributed by atoms with Gasteiger partial charge in [-0.3, -0.25) is 4.79 Å². The smallest absolute Gasteiger partial charge is 0.140 e. The average molecular weight is 416 g/mol. The van der Waals surface area contributed by atoms with E-state index in [1.165, 1.54) is 0 Å². The number of hydrogen-bond acceptors (Lipinski definition) is 3. The highest BCUT2D eigenvalue weighted by Gasteiger charge is 2.18. The summed E-state index contributed by atoms with van der Waals surface area (Å²) >= 11 is 12.4. The molecule has 0 fully saturated rings. The number of aromatic nitrogens is 2. The molecule has 0 aliphatic rings. The minimum Gasteiger partial charge on any atom is -0.326 e. The zero-order valence-corrected chi connectivity index (χ0v) is 17.5. The number of nitrogens with zero attached hydrogens (tertiary/aromatic N) is 2. The Hall–Kier alpha value is -2.14. The van der Waals surface area contributed by atoms with Crippen molar-refractivity contribution in [2.24, 2.45) is 5.73 Å². The van der Waals surface area contributed by atoms with E-state index in [9.17, 15) is 4.79 Å². The number of carbonyl (C=O) groups excluding carboxylic acids is 1. The fraction of sp³-hybridized carbons (Fsp3) is 0.273. The van der Waals surface area contributed by atoms with Crippen LogP contribution in [0.2, 0.25) is 10.0 Å². The highest BCUT2D eigenvalue weighted by Crippen LogP contribution is 2.25. The van der Waals surface area contributed by atoms with Crippen LogP contribution < -0.4 is 5.73 Å². The number of carbonyl (C=O) groups is 1. The van der Waals surface area contributed by atoms with E-state index in [-0.39, 0.29) is 11.7 Å². The van der Waals surface area contributed by atoms with E-state index in [4.69, 9.17) is 28.9 Å². The number of benzene rings is 2. The number of Topliss-reactive ketones (excluding diaryl/α,β-unsaturated/α-hetero) is 1. The molecule has 1 aromatic heterocycles. The predicted molar refractivity (Wildman–Crippen MR) is 114 cm³/mol. The number of aryl methyl sites for hydroxylation is 2. The largest absolute Gasteiger partial charge is 0.326 e. The maximum absolute atomic E-state index is 12.8. The van der Waals surface area contributed by atoms with Gasteiger partial charge >= 0.3 is 0 Å². The van der Waals surface area contributed by atoms with Crippen LogP contribution in [0.3, 0.4) is 0 Å². The summed E-state index contributed by atoms with van der Waals surface area (Å²) in [5.41, 5.74) is 10.2. The van der Waals surface area contributed by atoms with Crippen molar-refractivity contribution >= 4 is 29.0 Å². The molecule has 6 heteroatoms. The topological polar surface area (TPSA) is 60.9 Å². The van der Waals surface area contributed by atoms with Crippen molar-refractivity contribution in [3.63, 3.8) is 0 Å². The Labute approximate surface area is 175 Å². The molecule has 0 aliphatic heterocycles. The van der Waals surface area contributed by atoms with Crippen LogP contribution in [0.25, 0.3) is 5.69 Å². The fourth-order valence-corrected chi connectivity index (χ4v) is 3.67. The van der Waals surface area contributed by atoms with Crippen molar-refractivity contribution in [1.29, 1.82) is 0 Å². The zero-order valence-electron chi connectivity index (χ0n) is 16.0. The monoisotopic (exact) mass is 415 g/mol. The van der Waals surface area contributed by atoms with Crippen molar-refractivity contribution in [2.45, 2.75) is 39.2 Å². The van der Waals surface area contributed by atoms with Gasteiger partial charge in [-0.25, -0.2) is 4.68 Å². The third kappa shape index (κ3) is 4.64. The van der Waals surface area contributed by atoms with E-state index >= 15 is 0 Å². The van der Waals surface area contributed by atoms with E-state index < -0.39 is 0 Å². The zero-order chi connectivity index (χ0) is 20.3. The van der Waals surface area contributed by atoms with Crippen LogP contribution in [-0.4, -0.2) is 15.6 Å². The van der Waals surface area contributed by atoms with Gasteiger partial charge in [-0.15, -0.1) is 0 Å². The maximum atomic E-state index is 12.8. The number of ketones is 1. The second kappa shape index (κ2) is 8.91.